The monoisotopic (exact) mass is 334 g/mol. The first-order valence-corrected chi connectivity index (χ1v) is 7.22. The van der Waals surface area contributed by atoms with Gasteiger partial charge in [0, 0.05) is 9.72 Å². The maximum Gasteiger partial charge on any atom is 0.438 e. The van der Waals surface area contributed by atoms with E-state index < -0.39 is 18.3 Å². The Hall–Kier alpha value is -1.31. The Morgan fingerprint density at radius 3 is 2.76 bits per heavy atom. The van der Waals surface area contributed by atoms with Crippen LogP contribution in [0.15, 0.2) is 23.3 Å². The molecule has 0 saturated carbocycles. The summed E-state index contributed by atoms with van der Waals surface area (Å²) in [6, 6.07) is 5.31. The third-order valence-corrected chi connectivity index (χ3v) is 4.99. The van der Waals surface area contributed by atoms with Gasteiger partial charge in [-0.15, -0.1) is 11.3 Å². The lowest BCUT2D eigenvalue weighted by molar-refractivity contribution is -0.266. The number of hydrogen-bond acceptors (Lipinski definition) is 4. The summed E-state index contributed by atoms with van der Waals surface area (Å²) >= 11 is 7.27. The summed E-state index contributed by atoms with van der Waals surface area (Å²) in [6.07, 6.45) is -5.40. The molecule has 3 nitrogen and oxygen atoms in total. The molecule has 2 heterocycles. The highest BCUT2D eigenvalue weighted by Crippen LogP contribution is 2.39. The van der Waals surface area contributed by atoms with Gasteiger partial charge in [-0.2, -0.15) is 18.3 Å². The van der Waals surface area contributed by atoms with Crippen LogP contribution in [0.5, 0.6) is 0 Å². The second-order valence-corrected chi connectivity index (χ2v) is 6.39. The molecule has 0 aliphatic carbocycles. The topological polar surface area (TPSA) is 44.6 Å². The lowest BCUT2D eigenvalue weighted by Crippen LogP contribution is -2.52. The molecule has 1 atom stereocenters. The predicted molar refractivity (Wildman–Crippen MR) is 76.9 cm³/mol. The molecule has 8 heteroatoms. The molecule has 0 bridgehead atoms. The van der Waals surface area contributed by atoms with Crippen LogP contribution in [0.3, 0.4) is 0 Å². The molecule has 0 fully saturated rings. The first-order chi connectivity index (χ1) is 9.71. The molecule has 21 heavy (non-hydrogen) atoms. The van der Waals surface area contributed by atoms with Gasteiger partial charge in [0.25, 0.3) is 5.72 Å². The summed E-state index contributed by atoms with van der Waals surface area (Å²) in [4.78, 5) is 0.625. The SMILES string of the molecule is Cc1c(C2=NNC(O)(C(F)(F)F)C2)sc2ccc(Cl)cc12. The van der Waals surface area contributed by atoms with Crippen molar-refractivity contribution < 1.29 is 18.3 Å². The summed E-state index contributed by atoms with van der Waals surface area (Å²) < 4.78 is 39.3. The number of rotatable bonds is 1. The number of hydrazone groups is 1. The van der Waals surface area contributed by atoms with Gasteiger partial charge in [0.2, 0.25) is 0 Å². The maximum atomic E-state index is 12.8. The maximum absolute atomic E-state index is 12.8. The number of nitrogens with one attached hydrogen (secondary N) is 1. The van der Waals surface area contributed by atoms with Gasteiger partial charge < -0.3 is 5.11 Å². The molecule has 1 aliphatic rings. The largest absolute Gasteiger partial charge is 0.438 e. The fourth-order valence-corrected chi connectivity index (χ4v) is 3.59. The number of hydrogen-bond donors (Lipinski definition) is 2. The number of alkyl halides is 3. The average molecular weight is 335 g/mol. The molecule has 1 aromatic carbocycles. The summed E-state index contributed by atoms with van der Waals surface area (Å²) in [7, 11) is 0. The number of nitrogens with zero attached hydrogens (tertiary/aromatic N) is 1. The standard InChI is InChI=1S/C13H10ClF3N2OS/c1-6-8-4-7(14)2-3-10(8)21-11(6)9-5-12(20,19-18-9)13(15,16)17/h2-4,19-20H,5H2,1H3. The Morgan fingerprint density at radius 1 is 1.43 bits per heavy atom. The van der Waals surface area contributed by atoms with Crippen molar-refractivity contribution in [3.63, 3.8) is 0 Å². The Morgan fingerprint density at radius 2 is 2.14 bits per heavy atom. The van der Waals surface area contributed by atoms with Crippen LogP contribution in [-0.4, -0.2) is 22.7 Å². The van der Waals surface area contributed by atoms with E-state index in [1.807, 2.05) is 6.07 Å². The summed E-state index contributed by atoms with van der Waals surface area (Å²) in [5, 5.41) is 14.7. The third-order valence-electron chi connectivity index (χ3n) is 3.43. The van der Waals surface area contributed by atoms with E-state index in [9.17, 15) is 18.3 Å². The minimum atomic E-state index is -4.79. The predicted octanol–water partition coefficient (Wildman–Crippen LogP) is 3.81. The van der Waals surface area contributed by atoms with Gasteiger partial charge in [0.1, 0.15) is 0 Å². The van der Waals surface area contributed by atoms with Crippen molar-refractivity contribution in [1.82, 2.24) is 5.43 Å². The number of benzene rings is 1. The van der Waals surface area contributed by atoms with Crippen LogP contribution in [0.25, 0.3) is 10.1 Å². The average Bonchev–Trinajstić information content (AvgIpc) is 2.92. The smallest absolute Gasteiger partial charge is 0.362 e. The second kappa shape index (κ2) is 4.59. The van der Waals surface area contributed by atoms with Crippen molar-refractivity contribution in [3.05, 3.63) is 33.7 Å². The third kappa shape index (κ3) is 2.29. The van der Waals surface area contributed by atoms with Crippen molar-refractivity contribution in [1.29, 1.82) is 0 Å². The van der Waals surface area contributed by atoms with Crippen molar-refractivity contribution in [3.8, 4) is 0 Å². The molecule has 0 saturated heterocycles. The summed E-state index contributed by atoms with van der Waals surface area (Å²) in [6.45, 7) is 1.80. The zero-order valence-corrected chi connectivity index (χ0v) is 12.3. The number of thiophene rings is 1. The van der Waals surface area contributed by atoms with Gasteiger partial charge in [-0.3, -0.25) is 5.43 Å². The van der Waals surface area contributed by atoms with Crippen LogP contribution in [-0.2, 0) is 0 Å². The molecule has 0 amide bonds. The fraction of sp³-hybridized carbons (Fsp3) is 0.308. The highest BCUT2D eigenvalue weighted by atomic mass is 35.5. The van der Waals surface area contributed by atoms with Gasteiger partial charge in [-0.1, -0.05) is 11.6 Å². The van der Waals surface area contributed by atoms with E-state index in [-0.39, 0.29) is 5.71 Å². The molecule has 3 rings (SSSR count). The van der Waals surface area contributed by atoms with Crippen LogP contribution in [0.1, 0.15) is 16.9 Å². The number of halogens is 4. The van der Waals surface area contributed by atoms with E-state index in [2.05, 4.69) is 5.10 Å². The zero-order valence-electron chi connectivity index (χ0n) is 10.8. The molecule has 1 aliphatic heterocycles. The summed E-state index contributed by atoms with van der Waals surface area (Å²) in [5.74, 6) is 0. The lowest BCUT2D eigenvalue weighted by atomic mass is 10.0. The van der Waals surface area contributed by atoms with E-state index in [4.69, 9.17) is 11.6 Å². The van der Waals surface area contributed by atoms with Gasteiger partial charge in [-0.25, -0.2) is 0 Å². The van der Waals surface area contributed by atoms with Gasteiger partial charge >= 0.3 is 6.18 Å². The minimum absolute atomic E-state index is 0.199. The Bertz CT molecular complexity index is 756. The Kier molecular flexibility index (Phi) is 3.20. The molecule has 1 aromatic heterocycles. The first kappa shape index (κ1) is 14.6. The van der Waals surface area contributed by atoms with E-state index in [1.54, 1.807) is 24.5 Å². The van der Waals surface area contributed by atoms with Crippen LogP contribution in [0.4, 0.5) is 13.2 Å². The van der Waals surface area contributed by atoms with Crippen molar-refractivity contribution in [2.75, 3.05) is 0 Å². The van der Waals surface area contributed by atoms with Crippen molar-refractivity contribution in [2.45, 2.75) is 25.2 Å². The fourth-order valence-electron chi connectivity index (χ4n) is 2.24. The molecule has 112 valence electrons. The van der Waals surface area contributed by atoms with Crippen LogP contribution < -0.4 is 5.43 Å². The highest BCUT2D eigenvalue weighted by Gasteiger charge is 2.57. The number of aliphatic hydroxyl groups is 1. The first-order valence-electron chi connectivity index (χ1n) is 6.03. The highest BCUT2D eigenvalue weighted by molar-refractivity contribution is 7.21. The molecule has 1 unspecified atom stereocenters. The zero-order chi connectivity index (χ0) is 15.4. The van der Waals surface area contributed by atoms with Crippen molar-refractivity contribution >= 4 is 38.7 Å². The molecule has 0 radical (unpaired) electrons. The molecular formula is C13H10ClF3N2OS. The van der Waals surface area contributed by atoms with Crippen LogP contribution >= 0.6 is 22.9 Å². The summed E-state index contributed by atoms with van der Waals surface area (Å²) in [5.41, 5.74) is -0.185. The van der Waals surface area contributed by atoms with E-state index in [0.29, 0.717) is 9.90 Å². The van der Waals surface area contributed by atoms with Gasteiger partial charge in [0.15, 0.2) is 0 Å². The molecule has 0 spiro atoms. The second-order valence-electron chi connectivity index (χ2n) is 4.90. The Balaban J connectivity index is 2.02. The number of fused-ring (bicyclic) bond motifs is 1. The van der Waals surface area contributed by atoms with Gasteiger partial charge in [0.05, 0.1) is 17.0 Å². The molecular weight excluding hydrogens is 325 g/mol. The molecule has 2 aromatic rings. The number of aryl methyl sites for hydroxylation is 1. The van der Waals surface area contributed by atoms with E-state index in [0.717, 1.165) is 15.6 Å². The van der Waals surface area contributed by atoms with E-state index >= 15 is 0 Å². The lowest BCUT2D eigenvalue weighted by Gasteiger charge is -2.24. The van der Waals surface area contributed by atoms with Gasteiger partial charge in [-0.05, 0) is 36.1 Å². The van der Waals surface area contributed by atoms with Crippen LogP contribution in [0, 0.1) is 6.92 Å². The molecule has 2 N–H and O–H groups in total. The van der Waals surface area contributed by atoms with Crippen molar-refractivity contribution in [2.24, 2.45) is 5.10 Å². The minimum Gasteiger partial charge on any atom is -0.362 e. The van der Waals surface area contributed by atoms with Crippen LogP contribution in [0.2, 0.25) is 5.02 Å². The normalized spacial score (nSPS) is 22.5. The quantitative estimate of drug-likeness (QED) is 0.833. The Labute approximate surface area is 127 Å². The van der Waals surface area contributed by atoms with E-state index in [1.165, 1.54) is 11.3 Å².